The maximum Gasteiger partial charge on any atom is 0.258 e. The number of amides is 1. The summed E-state index contributed by atoms with van der Waals surface area (Å²) in [5.74, 6) is 1.43. The summed E-state index contributed by atoms with van der Waals surface area (Å²) in [6.45, 7) is 5.77. The predicted molar refractivity (Wildman–Crippen MR) is 101 cm³/mol. The number of halogens is 1. The van der Waals surface area contributed by atoms with Crippen molar-refractivity contribution >= 4 is 27.5 Å². The number of hydrogen-bond acceptors (Lipinski definition) is 2. The molecule has 3 nitrogen and oxygen atoms in total. The molecule has 2 aromatic carbocycles. The largest absolute Gasteiger partial charge is 0.492 e. The molecule has 0 radical (unpaired) electrons. The minimum Gasteiger partial charge on any atom is -0.492 e. The number of anilines is 1. The molecule has 1 aliphatic rings. The minimum atomic E-state index is 0.0365. The van der Waals surface area contributed by atoms with Gasteiger partial charge in [0.25, 0.3) is 5.91 Å². The van der Waals surface area contributed by atoms with Gasteiger partial charge in [-0.2, -0.15) is 0 Å². The number of para-hydroxylation sites is 1. The third-order valence-corrected chi connectivity index (χ3v) is 4.88. The number of carbonyl (C=O) groups is 1. The van der Waals surface area contributed by atoms with Crippen LogP contribution < -0.4 is 9.64 Å². The van der Waals surface area contributed by atoms with Crippen molar-refractivity contribution in [3.63, 3.8) is 0 Å². The van der Waals surface area contributed by atoms with Crippen LogP contribution in [0.5, 0.6) is 5.75 Å². The molecule has 0 N–H and O–H groups in total. The first-order valence-electron chi connectivity index (χ1n) is 8.38. The van der Waals surface area contributed by atoms with Gasteiger partial charge in [-0.25, -0.2) is 0 Å². The lowest BCUT2D eigenvalue weighted by Gasteiger charge is -2.18. The van der Waals surface area contributed by atoms with Gasteiger partial charge in [0.1, 0.15) is 5.75 Å². The Bertz CT molecular complexity index is 742. The van der Waals surface area contributed by atoms with Crippen LogP contribution in [-0.4, -0.2) is 19.1 Å². The van der Waals surface area contributed by atoms with Gasteiger partial charge in [-0.15, -0.1) is 0 Å². The molecule has 0 saturated heterocycles. The quantitative estimate of drug-likeness (QED) is 0.715. The average Bonchev–Trinajstić information content (AvgIpc) is 2.99. The number of ether oxygens (including phenoxy) is 1. The third kappa shape index (κ3) is 3.64. The predicted octanol–water partition coefficient (Wildman–Crippen LogP) is 5.08. The van der Waals surface area contributed by atoms with Crippen molar-refractivity contribution < 1.29 is 9.53 Å². The lowest BCUT2D eigenvalue weighted by Crippen LogP contribution is -2.28. The summed E-state index contributed by atoms with van der Waals surface area (Å²) in [4.78, 5) is 14.7. The number of fused-ring (bicyclic) bond motifs is 1. The van der Waals surface area contributed by atoms with E-state index in [0.717, 1.165) is 35.3 Å². The smallest absolute Gasteiger partial charge is 0.258 e. The van der Waals surface area contributed by atoms with Crippen LogP contribution in [0.1, 0.15) is 36.2 Å². The van der Waals surface area contributed by atoms with Gasteiger partial charge in [0, 0.05) is 17.8 Å². The standard InChI is InChI=1S/C20H22BrNO2/c1-14(2)10-12-24-19-8-7-16(13-17(19)21)20(23)22-11-9-15-5-3-4-6-18(15)22/h3-8,13-14H,9-12H2,1-2H3. The second kappa shape index (κ2) is 7.39. The zero-order chi connectivity index (χ0) is 17.1. The summed E-state index contributed by atoms with van der Waals surface area (Å²) in [6.07, 6.45) is 1.93. The molecule has 0 fully saturated rings. The molecule has 3 rings (SSSR count). The van der Waals surface area contributed by atoms with Gasteiger partial charge < -0.3 is 9.64 Å². The Labute approximate surface area is 151 Å². The van der Waals surface area contributed by atoms with E-state index in [9.17, 15) is 4.79 Å². The SMILES string of the molecule is CC(C)CCOc1ccc(C(=O)N2CCc3ccccc32)cc1Br. The van der Waals surface area contributed by atoms with Crippen LogP contribution in [0.2, 0.25) is 0 Å². The van der Waals surface area contributed by atoms with Crippen LogP contribution >= 0.6 is 15.9 Å². The summed E-state index contributed by atoms with van der Waals surface area (Å²) >= 11 is 3.53. The van der Waals surface area contributed by atoms with Crippen molar-refractivity contribution in [2.45, 2.75) is 26.7 Å². The molecule has 1 aliphatic heterocycles. The van der Waals surface area contributed by atoms with Crippen LogP contribution in [0.25, 0.3) is 0 Å². The molecule has 0 aromatic heterocycles. The van der Waals surface area contributed by atoms with E-state index >= 15 is 0 Å². The zero-order valence-corrected chi connectivity index (χ0v) is 15.7. The van der Waals surface area contributed by atoms with Crippen molar-refractivity contribution in [3.05, 3.63) is 58.1 Å². The Hall–Kier alpha value is -1.81. The van der Waals surface area contributed by atoms with Gasteiger partial charge in [-0.05, 0) is 64.5 Å². The van der Waals surface area contributed by atoms with E-state index in [0.29, 0.717) is 18.1 Å². The second-order valence-electron chi connectivity index (χ2n) is 6.51. The monoisotopic (exact) mass is 387 g/mol. The van der Waals surface area contributed by atoms with Gasteiger partial charge in [0.2, 0.25) is 0 Å². The van der Waals surface area contributed by atoms with Gasteiger partial charge in [-0.3, -0.25) is 4.79 Å². The number of rotatable bonds is 5. The molecular weight excluding hydrogens is 366 g/mol. The Balaban J connectivity index is 1.74. The summed E-state index contributed by atoms with van der Waals surface area (Å²) in [5.41, 5.74) is 2.93. The molecule has 0 spiro atoms. The minimum absolute atomic E-state index is 0.0365. The molecule has 1 amide bonds. The third-order valence-electron chi connectivity index (χ3n) is 4.26. The first-order chi connectivity index (χ1) is 11.6. The van der Waals surface area contributed by atoms with E-state index in [1.165, 1.54) is 5.56 Å². The number of benzene rings is 2. The van der Waals surface area contributed by atoms with Crippen LogP contribution in [0.15, 0.2) is 46.9 Å². The fraction of sp³-hybridized carbons (Fsp3) is 0.350. The number of carbonyl (C=O) groups excluding carboxylic acids is 1. The van der Waals surface area contributed by atoms with E-state index in [2.05, 4.69) is 35.8 Å². The first-order valence-corrected chi connectivity index (χ1v) is 9.17. The van der Waals surface area contributed by atoms with Gasteiger partial charge in [0.05, 0.1) is 11.1 Å². The summed E-state index contributed by atoms with van der Waals surface area (Å²) in [5, 5.41) is 0. The van der Waals surface area contributed by atoms with Crippen molar-refractivity contribution in [3.8, 4) is 5.75 Å². The van der Waals surface area contributed by atoms with E-state index in [1.54, 1.807) is 0 Å². The Morgan fingerprint density at radius 2 is 2.04 bits per heavy atom. The van der Waals surface area contributed by atoms with E-state index < -0.39 is 0 Å². The fourth-order valence-electron chi connectivity index (χ4n) is 2.86. The fourth-order valence-corrected chi connectivity index (χ4v) is 3.35. The summed E-state index contributed by atoms with van der Waals surface area (Å²) in [7, 11) is 0. The molecule has 4 heteroatoms. The van der Waals surface area contributed by atoms with Crippen LogP contribution in [0.3, 0.4) is 0 Å². The van der Waals surface area contributed by atoms with Crippen molar-refractivity contribution in [2.75, 3.05) is 18.1 Å². The summed E-state index contributed by atoms with van der Waals surface area (Å²) < 4.78 is 6.62. The highest BCUT2D eigenvalue weighted by atomic mass is 79.9. The average molecular weight is 388 g/mol. The Morgan fingerprint density at radius 3 is 2.79 bits per heavy atom. The van der Waals surface area contributed by atoms with E-state index in [-0.39, 0.29) is 5.91 Å². The number of hydrogen-bond donors (Lipinski definition) is 0. The highest BCUT2D eigenvalue weighted by Gasteiger charge is 2.25. The normalized spacial score (nSPS) is 13.2. The zero-order valence-electron chi connectivity index (χ0n) is 14.1. The highest BCUT2D eigenvalue weighted by molar-refractivity contribution is 9.10. The van der Waals surface area contributed by atoms with Gasteiger partial charge >= 0.3 is 0 Å². The molecular formula is C20H22BrNO2. The van der Waals surface area contributed by atoms with E-state index in [4.69, 9.17) is 4.74 Å². The van der Waals surface area contributed by atoms with Gasteiger partial charge in [0.15, 0.2) is 0 Å². The van der Waals surface area contributed by atoms with Crippen LogP contribution in [0, 0.1) is 5.92 Å². The molecule has 0 unspecified atom stereocenters. The van der Waals surface area contributed by atoms with Crippen LogP contribution in [0.4, 0.5) is 5.69 Å². The first kappa shape index (κ1) is 17.0. The molecule has 24 heavy (non-hydrogen) atoms. The molecule has 0 atom stereocenters. The molecule has 2 aromatic rings. The number of nitrogens with zero attached hydrogens (tertiary/aromatic N) is 1. The second-order valence-corrected chi connectivity index (χ2v) is 7.37. The summed E-state index contributed by atoms with van der Waals surface area (Å²) in [6, 6.07) is 13.7. The topological polar surface area (TPSA) is 29.5 Å². The molecule has 0 saturated carbocycles. The Kier molecular flexibility index (Phi) is 5.24. The molecule has 126 valence electrons. The lowest BCUT2D eigenvalue weighted by atomic mass is 10.1. The highest BCUT2D eigenvalue weighted by Crippen LogP contribution is 2.31. The molecule has 0 aliphatic carbocycles. The van der Waals surface area contributed by atoms with Crippen molar-refractivity contribution in [1.82, 2.24) is 0 Å². The maximum absolute atomic E-state index is 12.8. The van der Waals surface area contributed by atoms with Crippen molar-refractivity contribution in [2.24, 2.45) is 5.92 Å². The van der Waals surface area contributed by atoms with Crippen LogP contribution in [-0.2, 0) is 6.42 Å². The van der Waals surface area contributed by atoms with E-state index in [1.807, 2.05) is 41.3 Å². The molecule has 1 heterocycles. The molecule has 0 bridgehead atoms. The van der Waals surface area contributed by atoms with Gasteiger partial charge in [-0.1, -0.05) is 32.0 Å². The van der Waals surface area contributed by atoms with Crippen molar-refractivity contribution in [1.29, 1.82) is 0 Å². The lowest BCUT2D eigenvalue weighted by molar-refractivity contribution is 0.0989. The Morgan fingerprint density at radius 1 is 1.25 bits per heavy atom. The maximum atomic E-state index is 12.8.